The van der Waals surface area contributed by atoms with E-state index in [4.69, 9.17) is 11.5 Å². The minimum atomic E-state index is -1.05. The highest BCUT2D eigenvalue weighted by atomic mass is 16.3. The quantitative estimate of drug-likeness (QED) is 0.308. The Labute approximate surface area is 135 Å². The van der Waals surface area contributed by atoms with Crippen LogP contribution in [0.15, 0.2) is 12.5 Å². The van der Waals surface area contributed by atoms with E-state index in [1.807, 2.05) is 13.8 Å². The van der Waals surface area contributed by atoms with Crippen molar-refractivity contribution in [3.8, 4) is 0 Å². The van der Waals surface area contributed by atoms with E-state index in [2.05, 4.69) is 20.6 Å². The Morgan fingerprint density at radius 2 is 2.00 bits per heavy atom. The second-order valence-electron chi connectivity index (χ2n) is 5.75. The normalized spacial score (nSPS) is 16.2. The third-order valence-corrected chi connectivity index (χ3v) is 3.26. The summed E-state index contributed by atoms with van der Waals surface area (Å²) in [5, 5.41) is 14.5. The van der Waals surface area contributed by atoms with Crippen LogP contribution in [0.4, 0.5) is 0 Å². The number of nitrogens with one attached hydrogen (secondary N) is 3. The zero-order chi connectivity index (χ0) is 17.4. The van der Waals surface area contributed by atoms with Crippen LogP contribution in [0.3, 0.4) is 0 Å². The molecule has 0 radical (unpaired) electrons. The van der Waals surface area contributed by atoms with Gasteiger partial charge in [-0.25, -0.2) is 4.98 Å². The van der Waals surface area contributed by atoms with Crippen molar-refractivity contribution >= 4 is 11.8 Å². The summed E-state index contributed by atoms with van der Waals surface area (Å²) in [6.07, 6.45) is 3.91. The number of nitrogens with two attached hydrogens (primary N) is 2. The molecule has 0 saturated carbocycles. The van der Waals surface area contributed by atoms with Crippen LogP contribution in [-0.2, 0) is 16.0 Å². The third-order valence-electron chi connectivity index (χ3n) is 3.26. The van der Waals surface area contributed by atoms with Gasteiger partial charge >= 0.3 is 0 Å². The highest BCUT2D eigenvalue weighted by molar-refractivity contribution is 5.90. The zero-order valence-electron chi connectivity index (χ0n) is 13.5. The van der Waals surface area contributed by atoms with E-state index in [1.54, 1.807) is 6.20 Å². The molecule has 9 nitrogen and oxygen atoms in total. The first-order valence-corrected chi connectivity index (χ1v) is 7.53. The van der Waals surface area contributed by atoms with Crippen molar-refractivity contribution in [2.24, 2.45) is 11.5 Å². The average molecular weight is 326 g/mol. The highest BCUT2D eigenvalue weighted by Gasteiger charge is 2.24. The van der Waals surface area contributed by atoms with Crippen molar-refractivity contribution in [1.82, 2.24) is 20.6 Å². The number of aliphatic hydroxyl groups is 1. The first kappa shape index (κ1) is 19.1. The van der Waals surface area contributed by atoms with Crippen LogP contribution in [-0.4, -0.2) is 57.7 Å². The predicted octanol–water partition coefficient (Wildman–Crippen LogP) is -2.00. The molecule has 0 aromatic carbocycles. The number of aliphatic hydroxyl groups excluding tert-OH is 1. The molecule has 0 fully saturated rings. The average Bonchev–Trinajstić information content (AvgIpc) is 2.95. The predicted molar refractivity (Wildman–Crippen MR) is 85.2 cm³/mol. The Morgan fingerprint density at radius 3 is 2.52 bits per heavy atom. The van der Waals surface area contributed by atoms with Crippen LogP contribution in [0.5, 0.6) is 0 Å². The van der Waals surface area contributed by atoms with E-state index in [-0.39, 0.29) is 18.5 Å². The molecule has 0 aliphatic heterocycles. The van der Waals surface area contributed by atoms with Gasteiger partial charge in [0.05, 0.1) is 19.0 Å². The molecule has 1 unspecified atom stereocenters. The largest absolute Gasteiger partial charge is 0.394 e. The van der Waals surface area contributed by atoms with E-state index in [0.717, 1.165) is 0 Å². The minimum absolute atomic E-state index is 0.0599. The maximum atomic E-state index is 12.1. The number of amides is 2. The van der Waals surface area contributed by atoms with Crippen molar-refractivity contribution in [1.29, 1.82) is 0 Å². The maximum Gasteiger partial charge on any atom is 0.245 e. The van der Waals surface area contributed by atoms with Crippen LogP contribution in [0.25, 0.3) is 0 Å². The van der Waals surface area contributed by atoms with Crippen LogP contribution >= 0.6 is 0 Å². The van der Waals surface area contributed by atoms with Crippen molar-refractivity contribution in [2.75, 3.05) is 6.61 Å². The van der Waals surface area contributed by atoms with Crippen molar-refractivity contribution in [3.63, 3.8) is 0 Å². The Bertz CT molecular complexity index is 491. The number of nitrogens with zero attached hydrogens (tertiary/aromatic N) is 1. The number of hydrogen-bond donors (Lipinski definition) is 6. The second kappa shape index (κ2) is 9.23. The molecular weight excluding hydrogens is 300 g/mol. The summed E-state index contributed by atoms with van der Waals surface area (Å²) in [4.78, 5) is 30.8. The molecule has 23 heavy (non-hydrogen) atoms. The lowest BCUT2D eigenvalue weighted by molar-refractivity contribution is -0.131. The Hall–Kier alpha value is -1.97. The van der Waals surface area contributed by atoms with Crippen molar-refractivity contribution in [3.05, 3.63) is 18.2 Å². The molecule has 0 aliphatic carbocycles. The number of aromatic amines is 1. The summed E-state index contributed by atoms with van der Waals surface area (Å²) >= 11 is 0. The molecule has 1 heterocycles. The third kappa shape index (κ3) is 6.76. The Kier molecular flexibility index (Phi) is 7.66. The van der Waals surface area contributed by atoms with E-state index < -0.39 is 30.5 Å². The van der Waals surface area contributed by atoms with Crippen LogP contribution in [0, 0.1) is 0 Å². The van der Waals surface area contributed by atoms with Gasteiger partial charge in [0.2, 0.25) is 11.8 Å². The zero-order valence-corrected chi connectivity index (χ0v) is 13.5. The molecule has 1 aromatic rings. The molecular formula is C14H26N6O3. The summed E-state index contributed by atoms with van der Waals surface area (Å²) in [6.45, 7) is 3.13. The summed E-state index contributed by atoms with van der Waals surface area (Å²) in [5.74, 6) is -0.989. The smallest absolute Gasteiger partial charge is 0.245 e. The van der Waals surface area contributed by atoms with Gasteiger partial charge in [0.1, 0.15) is 6.04 Å². The standard InChI is InChI=1S/C14H26N6O3/c1-8(15)3-9(2)19-14(23)12(6-21)20-13(22)11(16)4-10-5-17-7-18-10/h5,7-9,11-12,21H,3-4,6,15-16H2,1-2H3,(H,17,18)(H,19,23)(H,20,22)/t8?,9-,11+,12+/m1/s1. The van der Waals surface area contributed by atoms with Crippen LogP contribution in [0.2, 0.25) is 0 Å². The van der Waals surface area contributed by atoms with Gasteiger partial charge in [0, 0.05) is 30.4 Å². The fourth-order valence-corrected chi connectivity index (χ4v) is 2.16. The van der Waals surface area contributed by atoms with Gasteiger partial charge in [-0.1, -0.05) is 0 Å². The van der Waals surface area contributed by atoms with Crippen molar-refractivity contribution in [2.45, 2.75) is 50.9 Å². The SMILES string of the molecule is CC(N)C[C@@H](C)NC(=O)[C@H](CO)NC(=O)[C@@H](N)Cc1cnc[nH]1. The number of hydrogen-bond acceptors (Lipinski definition) is 6. The second-order valence-corrected chi connectivity index (χ2v) is 5.75. The van der Waals surface area contributed by atoms with Gasteiger partial charge in [-0.2, -0.15) is 0 Å². The first-order valence-electron chi connectivity index (χ1n) is 7.53. The molecule has 4 atom stereocenters. The molecule has 0 aliphatic rings. The lowest BCUT2D eigenvalue weighted by atomic mass is 10.1. The highest BCUT2D eigenvalue weighted by Crippen LogP contribution is 1.99. The summed E-state index contributed by atoms with van der Waals surface area (Å²) in [6, 6.07) is -2.12. The molecule has 130 valence electrons. The number of rotatable bonds is 9. The summed E-state index contributed by atoms with van der Waals surface area (Å²) in [7, 11) is 0. The van der Waals surface area contributed by atoms with Gasteiger partial charge in [0.15, 0.2) is 0 Å². The minimum Gasteiger partial charge on any atom is -0.394 e. The van der Waals surface area contributed by atoms with Gasteiger partial charge in [0.25, 0.3) is 0 Å². The van der Waals surface area contributed by atoms with E-state index in [0.29, 0.717) is 12.1 Å². The fourth-order valence-electron chi connectivity index (χ4n) is 2.16. The molecule has 9 heteroatoms. The van der Waals surface area contributed by atoms with Gasteiger partial charge in [-0.3, -0.25) is 9.59 Å². The maximum absolute atomic E-state index is 12.1. The molecule has 8 N–H and O–H groups in total. The van der Waals surface area contributed by atoms with E-state index in [1.165, 1.54) is 6.33 Å². The number of carbonyl (C=O) groups excluding carboxylic acids is 2. The molecule has 2 amide bonds. The Balaban J connectivity index is 2.50. The number of imidazole rings is 1. The topological polar surface area (TPSA) is 159 Å². The molecule has 0 saturated heterocycles. The lowest BCUT2D eigenvalue weighted by Gasteiger charge is -2.22. The van der Waals surface area contributed by atoms with Crippen molar-refractivity contribution < 1.29 is 14.7 Å². The fraction of sp³-hybridized carbons (Fsp3) is 0.643. The van der Waals surface area contributed by atoms with Gasteiger partial charge in [-0.05, 0) is 20.3 Å². The van der Waals surface area contributed by atoms with E-state index in [9.17, 15) is 14.7 Å². The molecule has 1 aromatic heterocycles. The molecule has 0 spiro atoms. The molecule has 0 bridgehead atoms. The number of aromatic nitrogens is 2. The molecule has 1 rings (SSSR count). The van der Waals surface area contributed by atoms with E-state index >= 15 is 0 Å². The van der Waals surface area contributed by atoms with Gasteiger partial charge < -0.3 is 32.2 Å². The number of H-pyrrole nitrogens is 1. The van der Waals surface area contributed by atoms with Crippen LogP contribution in [0.1, 0.15) is 26.0 Å². The summed E-state index contributed by atoms with van der Waals surface area (Å²) in [5.41, 5.74) is 12.2. The number of carbonyl (C=O) groups is 2. The first-order chi connectivity index (χ1) is 10.8. The van der Waals surface area contributed by atoms with Gasteiger partial charge in [-0.15, -0.1) is 0 Å². The Morgan fingerprint density at radius 1 is 1.30 bits per heavy atom. The lowest BCUT2D eigenvalue weighted by Crippen LogP contribution is -2.55. The summed E-state index contributed by atoms with van der Waals surface area (Å²) < 4.78 is 0. The monoisotopic (exact) mass is 326 g/mol. The van der Waals surface area contributed by atoms with Crippen LogP contribution < -0.4 is 22.1 Å².